The third-order valence-corrected chi connectivity index (χ3v) is 4.86. The molecular weight excluding hydrogens is 322 g/mol. The highest BCUT2D eigenvalue weighted by Crippen LogP contribution is 2.25. The summed E-state index contributed by atoms with van der Waals surface area (Å²) in [6.45, 7) is 5.97. The van der Waals surface area contributed by atoms with Crippen LogP contribution in [0.5, 0.6) is 0 Å². The second kappa shape index (κ2) is 7.12. The van der Waals surface area contributed by atoms with E-state index in [0.29, 0.717) is 0 Å². The molecule has 132 valence electrons. The standard InChI is InChI=1S/C21H23N5/c1-3-17-4-6-18(7-5-17)19-11-13-25(14-12-19)20-8-9-21(23-22-20)26-15-10-16(2)24-26/h4-11,15H,3,12-14H2,1-2H3. The van der Waals surface area contributed by atoms with Crippen LogP contribution in [-0.4, -0.2) is 33.1 Å². The molecule has 1 aliphatic rings. The van der Waals surface area contributed by atoms with Gasteiger partial charge in [-0.05, 0) is 54.7 Å². The molecule has 0 spiro atoms. The summed E-state index contributed by atoms with van der Waals surface area (Å²) in [5, 5.41) is 13.1. The van der Waals surface area contributed by atoms with Crippen molar-refractivity contribution in [3.63, 3.8) is 0 Å². The van der Waals surface area contributed by atoms with Gasteiger partial charge in [-0.3, -0.25) is 0 Å². The van der Waals surface area contributed by atoms with Crippen LogP contribution in [0.4, 0.5) is 5.82 Å². The molecular formula is C21H23N5. The minimum Gasteiger partial charge on any atom is -0.351 e. The Morgan fingerprint density at radius 2 is 1.73 bits per heavy atom. The molecule has 0 atom stereocenters. The minimum absolute atomic E-state index is 0.742. The molecule has 2 aromatic heterocycles. The molecule has 4 rings (SSSR count). The van der Waals surface area contributed by atoms with Gasteiger partial charge in [0, 0.05) is 19.3 Å². The third-order valence-electron chi connectivity index (χ3n) is 4.86. The smallest absolute Gasteiger partial charge is 0.175 e. The maximum atomic E-state index is 4.39. The fourth-order valence-electron chi connectivity index (χ4n) is 3.25. The van der Waals surface area contributed by atoms with Crippen molar-refractivity contribution in [2.24, 2.45) is 0 Å². The molecule has 0 fully saturated rings. The van der Waals surface area contributed by atoms with Gasteiger partial charge in [0.25, 0.3) is 0 Å². The van der Waals surface area contributed by atoms with E-state index in [0.717, 1.165) is 43.3 Å². The maximum absolute atomic E-state index is 4.39. The molecule has 0 aliphatic carbocycles. The van der Waals surface area contributed by atoms with Crippen LogP contribution in [-0.2, 0) is 6.42 Å². The highest BCUT2D eigenvalue weighted by molar-refractivity contribution is 5.68. The molecule has 26 heavy (non-hydrogen) atoms. The number of aromatic nitrogens is 4. The summed E-state index contributed by atoms with van der Waals surface area (Å²) < 4.78 is 1.75. The highest BCUT2D eigenvalue weighted by Gasteiger charge is 2.15. The molecule has 3 heterocycles. The third kappa shape index (κ3) is 3.38. The molecule has 1 aromatic carbocycles. The number of nitrogens with zero attached hydrogens (tertiary/aromatic N) is 5. The topological polar surface area (TPSA) is 46.8 Å². The highest BCUT2D eigenvalue weighted by atomic mass is 15.4. The molecule has 0 bridgehead atoms. The predicted octanol–water partition coefficient (Wildman–Crippen LogP) is 3.83. The summed E-state index contributed by atoms with van der Waals surface area (Å²) in [4.78, 5) is 2.26. The summed E-state index contributed by atoms with van der Waals surface area (Å²) in [7, 11) is 0. The average molecular weight is 345 g/mol. The van der Waals surface area contributed by atoms with Gasteiger partial charge in [0.1, 0.15) is 0 Å². The second-order valence-electron chi connectivity index (χ2n) is 6.63. The molecule has 5 nitrogen and oxygen atoms in total. The molecule has 0 saturated heterocycles. The van der Waals surface area contributed by atoms with Crippen LogP contribution in [0.15, 0.2) is 54.7 Å². The van der Waals surface area contributed by atoms with Crippen LogP contribution in [0.25, 0.3) is 11.4 Å². The summed E-state index contributed by atoms with van der Waals surface area (Å²) >= 11 is 0. The Labute approximate surface area is 154 Å². The van der Waals surface area contributed by atoms with Gasteiger partial charge in [0.15, 0.2) is 11.6 Å². The molecule has 0 N–H and O–H groups in total. The molecule has 0 unspecified atom stereocenters. The van der Waals surface area contributed by atoms with E-state index in [2.05, 4.69) is 57.5 Å². The van der Waals surface area contributed by atoms with Crippen molar-refractivity contribution >= 4 is 11.4 Å². The first kappa shape index (κ1) is 16.5. The lowest BCUT2D eigenvalue weighted by atomic mass is 9.98. The lowest BCUT2D eigenvalue weighted by Gasteiger charge is -2.27. The largest absolute Gasteiger partial charge is 0.351 e. The zero-order chi connectivity index (χ0) is 17.9. The number of aryl methyl sites for hydroxylation is 2. The SMILES string of the molecule is CCc1ccc(C2=CCN(c3ccc(-n4ccc(C)n4)nn3)CC2)cc1. The van der Waals surface area contributed by atoms with Crippen LogP contribution in [0.2, 0.25) is 0 Å². The second-order valence-corrected chi connectivity index (χ2v) is 6.63. The number of hydrogen-bond acceptors (Lipinski definition) is 4. The number of anilines is 1. The molecule has 0 amide bonds. The first-order valence-corrected chi connectivity index (χ1v) is 9.12. The van der Waals surface area contributed by atoms with E-state index in [1.54, 1.807) is 4.68 Å². The average Bonchev–Trinajstić information content (AvgIpc) is 3.15. The van der Waals surface area contributed by atoms with Crippen LogP contribution in [0, 0.1) is 6.92 Å². The first-order chi connectivity index (χ1) is 12.7. The molecule has 1 aliphatic heterocycles. The lowest BCUT2D eigenvalue weighted by molar-refractivity contribution is 0.771. The minimum atomic E-state index is 0.742. The summed E-state index contributed by atoms with van der Waals surface area (Å²) in [6.07, 6.45) is 6.31. The number of rotatable bonds is 4. The van der Waals surface area contributed by atoms with Gasteiger partial charge >= 0.3 is 0 Å². The van der Waals surface area contributed by atoms with E-state index in [-0.39, 0.29) is 0 Å². The summed E-state index contributed by atoms with van der Waals surface area (Å²) in [5.74, 6) is 1.65. The van der Waals surface area contributed by atoms with Crippen molar-refractivity contribution in [1.29, 1.82) is 0 Å². The van der Waals surface area contributed by atoms with E-state index in [1.807, 2.05) is 31.3 Å². The fourth-order valence-corrected chi connectivity index (χ4v) is 3.25. The van der Waals surface area contributed by atoms with Crippen LogP contribution < -0.4 is 4.90 Å². The van der Waals surface area contributed by atoms with Gasteiger partial charge in [-0.1, -0.05) is 37.3 Å². The van der Waals surface area contributed by atoms with Gasteiger partial charge in [-0.25, -0.2) is 4.68 Å². The van der Waals surface area contributed by atoms with Crippen molar-refractivity contribution < 1.29 is 0 Å². The Morgan fingerprint density at radius 3 is 2.31 bits per heavy atom. The fraction of sp³-hybridized carbons (Fsp3) is 0.286. The summed E-state index contributed by atoms with van der Waals surface area (Å²) in [6, 6.07) is 14.9. The number of hydrogen-bond donors (Lipinski definition) is 0. The van der Waals surface area contributed by atoms with Crippen molar-refractivity contribution in [2.75, 3.05) is 18.0 Å². The van der Waals surface area contributed by atoms with Gasteiger partial charge in [0.2, 0.25) is 0 Å². The Kier molecular flexibility index (Phi) is 4.52. The number of benzene rings is 1. The van der Waals surface area contributed by atoms with Crippen molar-refractivity contribution in [3.05, 3.63) is 71.6 Å². The summed E-state index contributed by atoms with van der Waals surface area (Å²) in [5.41, 5.74) is 5.10. The van der Waals surface area contributed by atoms with Gasteiger partial charge in [-0.15, -0.1) is 10.2 Å². The van der Waals surface area contributed by atoms with Crippen molar-refractivity contribution in [2.45, 2.75) is 26.7 Å². The predicted molar refractivity (Wildman–Crippen MR) is 105 cm³/mol. The molecule has 0 radical (unpaired) electrons. The van der Waals surface area contributed by atoms with Crippen molar-refractivity contribution in [3.8, 4) is 5.82 Å². The monoisotopic (exact) mass is 345 g/mol. The van der Waals surface area contributed by atoms with Crippen LogP contribution >= 0.6 is 0 Å². The van der Waals surface area contributed by atoms with Crippen LogP contribution in [0.1, 0.15) is 30.2 Å². The van der Waals surface area contributed by atoms with E-state index >= 15 is 0 Å². The van der Waals surface area contributed by atoms with Gasteiger partial charge < -0.3 is 4.90 Å². The Balaban J connectivity index is 1.46. The zero-order valence-electron chi connectivity index (χ0n) is 15.3. The Bertz CT molecular complexity index is 906. The Morgan fingerprint density at radius 1 is 0.962 bits per heavy atom. The lowest BCUT2D eigenvalue weighted by Crippen LogP contribution is -2.29. The van der Waals surface area contributed by atoms with Gasteiger partial charge in [0.05, 0.1) is 5.69 Å². The quantitative estimate of drug-likeness (QED) is 0.721. The molecule has 3 aromatic rings. The van der Waals surface area contributed by atoms with E-state index in [4.69, 9.17) is 0 Å². The maximum Gasteiger partial charge on any atom is 0.175 e. The van der Waals surface area contributed by atoms with Crippen LogP contribution in [0.3, 0.4) is 0 Å². The van der Waals surface area contributed by atoms with Gasteiger partial charge in [-0.2, -0.15) is 5.10 Å². The van der Waals surface area contributed by atoms with Crippen molar-refractivity contribution in [1.82, 2.24) is 20.0 Å². The first-order valence-electron chi connectivity index (χ1n) is 9.12. The molecule has 0 saturated carbocycles. The molecule has 5 heteroatoms. The van der Waals surface area contributed by atoms with E-state index < -0.39 is 0 Å². The normalized spacial score (nSPS) is 14.4. The van der Waals surface area contributed by atoms with E-state index in [9.17, 15) is 0 Å². The zero-order valence-corrected chi connectivity index (χ0v) is 15.3. The van der Waals surface area contributed by atoms with E-state index in [1.165, 1.54) is 16.7 Å². The Hall–Kier alpha value is -2.95.